The van der Waals surface area contributed by atoms with Gasteiger partial charge in [0, 0.05) is 5.38 Å². The Bertz CT molecular complexity index is 576. The minimum atomic E-state index is -4.38. The third-order valence-electron chi connectivity index (χ3n) is 1.72. The normalized spacial score (nSPS) is 11.9. The summed E-state index contributed by atoms with van der Waals surface area (Å²) >= 11 is 0.898. The van der Waals surface area contributed by atoms with Gasteiger partial charge in [0.1, 0.15) is 5.30 Å². The van der Waals surface area contributed by atoms with E-state index in [0.717, 1.165) is 11.3 Å². The van der Waals surface area contributed by atoms with Crippen molar-refractivity contribution in [2.75, 3.05) is 0 Å². The van der Waals surface area contributed by atoms with Crippen molar-refractivity contribution in [3.8, 4) is 11.5 Å². The van der Waals surface area contributed by atoms with Crippen molar-refractivity contribution < 1.29 is 18.8 Å². The Hall–Kier alpha value is -1.14. The number of aromatic amines is 1. The second-order valence-electron chi connectivity index (χ2n) is 2.74. The molecule has 0 aliphatic rings. The largest absolute Gasteiger partial charge is 0.462 e. The fraction of sp³-hybridized carbons (Fsp3) is 0. The molecule has 0 bridgehead atoms. The molecule has 80 valence electrons. The molecule has 15 heavy (non-hydrogen) atoms. The van der Waals surface area contributed by atoms with E-state index in [0.29, 0.717) is 0 Å². The first-order valence-corrected chi connectivity index (χ1v) is 6.29. The molecule has 0 spiro atoms. The van der Waals surface area contributed by atoms with E-state index >= 15 is 0 Å². The molecule has 0 saturated heterocycles. The number of aromatic nitrogens is 1. The van der Waals surface area contributed by atoms with Crippen LogP contribution in [0.15, 0.2) is 26.9 Å². The lowest BCUT2D eigenvalue weighted by atomic mass is 10.4. The highest BCUT2D eigenvalue weighted by molar-refractivity contribution is 7.60. The first-order valence-electron chi connectivity index (χ1n) is 3.80. The topological polar surface area (TPSA) is 104 Å². The fourth-order valence-electron chi connectivity index (χ4n) is 1.13. The quantitative estimate of drug-likeness (QED) is 0.670. The van der Waals surface area contributed by atoms with E-state index in [1.807, 2.05) is 0 Å². The van der Waals surface area contributed by atoms with Crippen molar-refractivity contribution in [1.29, 1.82) is 0 Å². The number of thiazole rings is 1. The predicted octanol–water partition coefficient (Wildman–Crippen LogP) is 0.499. The summed E-state index contributed by atoms with van der Waals surface area (Å²) in [7, 11) is -4.38. The standard InChI is InChI=1S/C7H6NO5PS/c9-7-8-4(3-15-7)6-5(1-2-13-6)14(10,11)12/h1-3H,(H,8,9)(H2,10,11,12). The van der Waals surface area contributed by atoms with Gasteiger partial charge in [0.25, 0.3) is 0 Å². The average molecular weight is 247 g/mol. The smallest absolute Gasteiger partial charge is 0.360 e. The van der Waals surface area contributed by atoms with Crippen LogP contribution in [-0.2, 0) is 4.57 Å². The molecule has 2 heterocycles. The van der Waals surface area contributed by atoms with Crippen LogP contribution in [0.1, 0.15) is 0 Å². The summed E-state index contributed by atoms with van der Waals surface area (Å²) in [5, 5.41) is 1.22. The Balaban J connectivity index is 2.60. The van der Waals surface area contributed by atoms with E-state index in [1.165, 1.54) is 17.7 Å². The van der Waals surface area contributed by atoms with Gasteiger partial charge in [0.15, 0.2) is 5.76 Å². The second-order valence-corrected chi connectivity index (χ2v) is 5.15. The van der Waals surface area contributed by atoms with Crippen LogP contribution in [0.4, 0.5) is 0 Å². The molecule has 0 fully saturated rings. The molecular weight excluding hydrogens is 241 g/mol. The number of furan rings is 1. The highest BCUT2D eigenvalue weighted by Crippen LogP contribution is 2.37. The molecule has 0 aromatic carbocycles. The van der Waals surface area contributed by atoms with Crippen LogP contribution in [0.3, 0.4) is 0 Å². The lowest BCUT2D eigenvalue weighted by Crippen LogP contribution is -2.04. The average Bonchev–Trinajstić information content (AvgIpc) is 2.68. The molecule has 2 rings (SSSR count). The Morgan fingerprint density at radius 3 is 2.73 bits per heavy atom. The zero-order chi connectivity index (χ0) is 11.1. The lowest BCUT2D eigenvalue weighted by Gasteiger charge is -2.01. The van der Waals surface area contributed by atoms with E-state index in [4.69, 9.17) is 14.2 Å². The predicted molar refractivity (Wildman–Crippen MR) is 54.3 cm³/mol. The summed E-state index contributed by atoms with van der Waals surface area (Å²) in [4.78, 5) is 31.0. The van der Waals surface area contributed by atoms with Crippen molar-refractivity contribution in [2.45, 2.75) is 0 Å². The van der Waals surface area contributed by atoms with Crippen LogP contribution in [0.2, 0.25) is 0 Å². The van der Waals surface area contributed by atoms with Gasteiger partial charge in [-0.3, -0.25) is 9.36 Å². The second kappa shape index (κ2) is 3.46. The molecule has 2 aromatic rings. The van der Waals surface area contributed by atoms with Gasteiger partial charge < -0.3 is 19.2 Å². The van der Waals surface area contributed by atoms with E-state index in [9.17, 15) is 9.36 Å². The van der Waals surface area contributed by atoms with Crippen LogP contribution in [-0.4, -0.2) is 14.8 Å². The lowest BCUT2D eigenvalue weighted by molar-refractivity contribution is 0.387. The van der Waals surface area contributed by atoms with Crippen LogP contribution in [0.5, 0.6) is 0 Å². The van der Waals surface area contributed by atoms with Gasteiger partial charge in [-0.15, -0.1) is 0 Å². The molecule has 3 N–H and O–H groups in total. The summed E-state index contributed by atoms with van der Waals surface area (Å²) in [6.45, 7) is 0. The molecular formula is C7H6NO5PS. The Morgan fingerprint density at radius 2 is 2.20 bits per heavy atom. The van der Waals surface area contributed by atoms with Crippen molar-refractivity contribution in [3.05, 3.63) is 27.4 Å². The molecule has 8 heteroatoms. The van der Waals surface area contributed by atoms with Crippen molar-refractivity contribution >= 4 is 24.2 Å². The van der Waals surface area contributed by atoms with Crippen LogP contribution in [0.25, 0.3) is 11.5 Å². The van der Waals surface area contributed by atoms with Crippen LogP contribution >= 0.6 is 18.9 Å². The van der Waals surface area contributed by atoms with E-state index in [1.54, 1.807) is 0 Å². The zero-order valence-electron chi connectivity index (χ0n) is 7.21. The monoisotopic (exact) mass is 247 g/mol. The third-order valence-corrected chi connectivity index (χ3v) is 3.37. The summed E-state index contributed by atoms with van der Waals surface area (Å²) in [5.41, 5.74) is 0.272. The van der Waals surface area contributed by atoms with Gasteiger partial charge in [0.05, 0.1) is 12.0 Å². The maximum absolute atomic E-state index is 11.0. The molecule has 0 amide bonds. The summed E-state index contributed by atoms with van der Waals surface area (Å²) in [6.07, 6.45) is 1.17. The zero-order valence-corrected chi connectivity index (χ0v) is 8.92. The number of H-pyrrole nitrogens is 1. The minimum Gasteiger partial charge on any atom is -0.462 e. The summed E-state index contributed by atoms with van der Waals surface area (Å²) < 4.78 is 16.0. The molecule has 0 radical (unpaired) electrons. The minimum absolute atomic E-state index is 0.00156. The van der Waals surface area contributed by atoms with Crippen LogP contribution in [0, 0.1) is 0 Å². The van der Waals surface area contributed by atoms with Gasteiger partial charge >= 0.3 is 12.5 Å². The first-order chi connectivity index (χ1) is 6.98. The SMILES string of the molecule is O=c1[nH]c(-c2occc2P(=O)(O)O)cs1. The molecule has 2 aromatic heterocycles. The van der Waals surface area contributed by atoms with Crippen molar-refractivity contribution in [1.82, 2.24) is 4.98 Å². The summed E-state index contributed by atoms with van der Waals surface area (Å²) in [6, 6.07) is 1.19. The Kier molecular flexibility index (Phi) is 2.40. The van der Waals surface area contributed by atoms with Gasteiger partial charge in [0.2, 0.25) is 0 Å². The Morgan fingerprint density at radius 1 is 1.47 bits per heavy atom. The van der Waals surface area contributed by atoms with Crippen LogP contribution < -0.4 is 10.2 Å². The number of hydrogen-bond acceptors (Lipinski definition) is 4. The van der Waals surface area contributed by atoms with Gasteiger partial charge in [-0.1, -0.05) is 11.3 Å². The fourth-order valence-corrected chi connectivity index (χ4v) is 2.38. The van der Waals surface area contributed by atoms with Crippen molar-refractivity contribution in [2.24, 2.45) is 0 Å². The number of nitrogens with one attached hydrogen (secondary N) is 1. The van der Waals surface area contributed by atoms with E-state index < -0.39 is 7.60 Å². The number of rotatable bonds is 2. The molecule has 0 saturated carbocycles. The highest BCUT2D eigenvalue weighted by atomic mass is 32.1. The maximum atomic E-state index is 11.0. The highest BCUT2D eigenvalue weighted by Gasteiger charge is 2.25. The summed E-state index contributed by atoms with van der Waals surface area (Å²) in [5.74, 6) is 0.00156. The van der Waals surface area contributed by atoms with E-state index in [-0.39, 0.29) is 21.6 Å². The Labute approximate surface area is 87.4 Å². The van der Waals surface area contributed by atoms with Gasteiger partial charge in [-0.2, -0.15) is 0 Å². The molecule has 6 nitrogen and oxygen atoms in total. The molecule has 0 unspecified atom stereocenters. The first kappa shape index (κ1) is 10.4. The molecule has 0 aliphatic heterocycles. The van der Waals surface area contributed by atoms with Gasteiger partial charge in [-0.05, 0) is 6.07 Å². The third kappa shape index (κ3) is 1.95. The maximum Gasteiger partial charge on any atom is 0.360 e. The van der Waals surface area contributed by atoms with Gasteiger partial charge in [-0.25, -0.2) is 0 Å². The molecule has 0 aliphatic carbocycles. The van der Waals surface area contributed by atoms with E-state index in [2.05, 4.69) is 4.98 Å². The van der Waals surface area contributed by atoms with Crippen molar-refractivity contribution in [3.63, 3.8) is 0 Å². The number of hydrogen-bond donors (Lipinski definition) is 3. The molecule has 0 atom stereocenters.